The minimum Gasteiger partial charge on any atom is -0.477 e. The van der Waals surface area contributed by atoms with Crippen molar-refractivity contribution in [1.82, 2.24) is 19.9 Å². The van der Waals surface area contributed by atoms with Gasteiger partial charge in [0.05, 0.1) is 17.9 Å². The highest BCUT2D eigenvalue weighted by atomic mass is 32.1. The van der Waals surface area contributed by atoms with Gasteiger partial charge in [0.15, 0.2) is 10.8 Å². The zero-order chi connectivity index (χ0) is 22.8. The van der Waals surface area contributed by atoms with Gasteiger partial charge in [-0.3, -0.25) is 14.2 Å². The summed E-state index contributed by atoms with van der Waals surface area (Å²) in [6, 6.07) is 1.75. The van der Waals surface area contributed by atoms with Crippen LogP contribution in [0.15, 0.2) is 28.6 Å². The lowest BCUT2D eigenvalue weighted by Crippen LogP contribution is -2.54. The number of aromatic carboxylic acids is 1. The van der Waals surface area contributed by atoms with Crippen molar-refractivity contribution in [2.75, 3.05) is 37.7 Å². The number of nitrogens with zero attached hydrogens (tertiary/aromatic N) is 4. The van der Waals surface area contributed by atoms with Gasteiger partial charge < -0.3 is 20.1 Å². The molecular formula is C21H23N5O5S. The lowest BCUT2D eigenvalue weighted by Gasteiger charge is -2.39. The lowest BCUT2D eigenvalue weighted by atomic mass is 9.98. The van der Waals surface area contributed by atoms with E-state index in [-0.39, 0.29) is 22.8 Å². The molecule has 1 aliphatic rings. The summed E-state index contributed by atoms with van der Waals surface area (Å²) in [6.07, 6.45) is 2.87. The molecule has 168 valence electrons. The first-order valence-corrected chi connectivity index (χ1v) is 11.1. The standard InChI is InChI=1S/C21H23N5O5S/c1-3-31-6-4-22-19(28)13-9-25(10-13)15-8-12(2)16-17(27)14(20(29)30)11-26(18(16)24-15)21-23-5-7-32-21/h5,7-8,11,13H,3-4,6,9-10H2,1-2H3,(H,22,28)(H,29,30). The summed E-state index contributed by atoms with van der Waals surface area (Å²) >= 11 is 1.31. The number of carboxylic acid groups (broad SMARTS) is 1. The van der Waals surface area contributed by atoms with E-state index < -0.39 is 11.4 Å². The highest BCUT2D eigenvalue weighted by Gasteiger charge is 2.34. The van der Waals surface area contributed by atoms with Crippen LogP contribution in [0.5, 0.6) is 0 Å². The van der Waals surface area contributed by atoms with Gasteiger partial charge in [-0.25, -0.2) is 14.8 Å². The SMILES string of the molecule is CCOCCNC(=O)C1CN(c2cc(C)c3c(=O)c(C(=O)O)cn(-c4nccs4)c3n2)C1. The van der Waals surface area contributed by atoms with E-state index in [1.54, 1.807) is 29.1 Å². The molecule has 0 aliphatic carbocycles. The summed E-state index contributed by atoms with van der Waals surface area (Å²) in [5, 5.41) is 14.9. The molecular weight excluding hydrogens is 434 g/mol. The number of thiazole rings is 1. The maximum atomic E-state index is 12.8. The molecule has 10 nitrogen and oxygen atoms in total. The monoisotopic (exact) mass is 457 g/mol. The fraction of sp³-hybridized carbons (Fsp3) is 0.381. The topological polar surface area (TPSA) is 127 Å². The highest BCUT2D eigenvalue weighted by Crippen LogP contribution is 2.28. The van der Waals surface area contributed by atoms with Crippen LogP contribution in [-0.4, -0.2) is 64.4 Å². The molecule has 3 aromatic rings. The van der Waals surface area contributed by atoms with E-state index in [9.17, 15) is 19.5 Å². The average molecular weight is 458 g/mol. The Balaban J connectivity index is 1.64. The first kappa shape index (κ1) is 21.9. The predicted octanol–water partition coefficient (Wildman–Crippen LogP) is 1.44. The number of hydrogen-bond acceptors (Lipinski definition) is 8. The Bertz CT molecular complexity index is 1220. The maximum absolute atomic E-state index is 12.8. The molecule has 0 radical (unpaired) electrons. The molecule has 1 fully saturated rings. The third kappa shape index (κ3) is 4.08. The number of nitrogens with one attached hydrogen (secondary N) is 1. The largest absolute Gasteiger partial charge is 0.477 e. The van der Waals surface area contributed by atoms with Crippen molar-refractivity contribution in [3.05, 3.63) is 45.2 Å². The molecule has 0 unspecified atom stereocenters. The van der Waals surface area contributed by atoms with E-state index in [4.69, 9.17) is 4.74 Å². The van der Waals surface area contributed by atoms with Gasteiger partial charge in [-0.2, -0.15) is 0 Å². The summed E-state index contributed by atoms with van der Waals surface area (Å²) in [6.45, 7) is 6.24. The van der Waals surface area contributed by atoms with Gasteiger partial charge in [0, 0.05) is 44.0 Å². The normalized spacial score (nSPS) is 13.9. The van der Waals surface area contributed by atoms with Crippen molar-refractivity contribution in [1.29, 1.82) is 0 Å². The number of aromatic nitrogens is 3. The zero-order valence-electron chi connectivity index (χ0n) is 17.7. The molecule has 1 saturated heterocycles. The molecule has 0 atom stereocenters. The minimum atomic E-state index is -1.30. The minimum absolute atomic E-state index is 0.0238. The summed E-state index contributed by atoms with van der Waals surface area (Å²) in [7, 11) is 0. The van der Waals surface area contributed by atoms with Crippen molar-refractivity contribution in [3.8, 4) is 5.13 Å². The van der Waals surface area contributed by atoms with Crippen LogP contribution in [0, 0.1) is 12.8 Å². The molecule has 0 bridgehead atoms. The van der Waals surface area contributed by atoms with Gasteiger partial charge >= 0.3 is 5.97 Å². The van der Waals surface area contributed by atoms with Crippen LogP contribution in [0.2, 0.25) is 0 Å². The Morgan fingerprint density at radius 2 is 2.16 bits per heavy atom. The van der Waals surface area contributed by atoms with Crippen molar-refractivity contribution < 1.29 is 19.4 Å². The van der Waals surface area contributed by atoms with Crippen molar-refractivity contribution in [3.63, 3.8) is 0 Å². The number of fused-ring (bicyclic) bond motifs is 1. The Hall–Kier alpha value is -3.31. The number of amides is 1. The Labute approximate surface area is 187 Å². The number of anilines is 1. The number of aryl methyl sites for hydroxylation is 1. The van der Waals surface area contributed by atoms with E-state index in [1.807, 2.05) is 11.8 Å². The molecule has 0 aromatic carbocycles. The first-order valence-electron chi connectivity index (χ1n) is 10.2. The van der Waals surface area contributed by atoms with Crippen LogP contribution < -0.4 is 15.6 Å². The highest BCUT2D eigenvalue weighted by molar-refractivity contribution is 7.12. The van der Waals surface area contributed by atoms with E-state index >= 15 is 0 Å². The van der Waals surface area contributed by atoms with Crippen LogP contribution in [-0.2, 0) is 9.53 Å². The third-order valence-corrected chi connectivity index (χ3v) is 6.09. The van der Waals surface area contributed by atoms with Gasteiger partial charge in [-0.05, 0) is 25.5 Å². The molecule has 11 heteroatoms. The van der Waals surface area contributed by atoms with Crippen LogP contribution in [0.25, 0.3) is 16.2 Å². The Morgan fingerprint density at radius 3 is 2.81 bits per heavy atom. The molecule has 1 amide bonds. The van der Waals surface area contributed by atoms with Gasteiger partial charge in [-0.15, -0.1) is 11.3 Å². The molecule has 1 aliphatic heterocycles. The fourth-order valence-corrected chi connectivity index (χ4v) is 4.26. The second-order valence-corrected chi connectivity index (χ2v) is 8.32. The number of pyridine rings is 2. The van der Waals surface area contributed by atoms with E-state index in [2.05, 4.69) is 15.3 Å². The number of carbonyl (C=O) groups is 2. The second kappa shape index (κ2) is 9.05. The van der Waals surface area contributed by atoms with Crippen molar-refractivity contribution >= 4 is 40.1 Å². The van der Waals surface area contributed by atoms with Gasteiger partial charge in [-0.1, -0.05) is 0 Å². The fourth-order valence-electron chi connectivity index (χ4n) is 3.64. The quantitative estimate of drug-likeness (QED) is 0.487. The zero-order valence-corrected chi connectivity index (χ0v) is 18.5. The van der Waals surface area contributed by atoms with Crippen LogP contribution in [0.3, 0.4) is 0 Å². The smallest absolute Gasteiger partial charge is 0.341 e. The molecule has 0 spiro atoms. The van der Waals surface area contributed by atoms with Crippen LogP contribution in [0.4, 0.5) is 5.82 Å². The van der Waals surface area contributed by atoms with E-state index in [0.29, 0.717) is 55.0 Å². The average Bonchev–Trinajstić information content (AvgIpc) is 3.24. The number of carboxylic acids is 1. The number of ether oxygens (including phenoxy) is 1. The van der Waals surface area contributed by atoms with Crippen LogP contribution in [0.1, 0.15) is 22.8 Å². The first-order chi connectivity index (χ1) is 15.4. The Morgan fingerprint density at radius 1 is 1.38 bits per heavy atom. The molecule has 4 heterocycles. The summed E-state index contributed by atoms with van der Waals surface area (Å²) < 4.78 is 6.77. The van der Waals surface area contributed by atoms with Gasteiger partial charge in [0.2, 0.25) is 11.3 Å². The van der Waals surface area contributed by atoms with Crippen molar-refractivity contribution in [2.24, 2.45) is 5.92 Å². The van der Waals surface area contributed by atoms with Crippen LogP contribution >= 0.6 is 11.3 Å². The summed E-state index contributed by atoms with van der Waals surface area (Å²) in [4.78, 5) is 47.6. The van der Waals surface area contributed by atoms with Gasteiger partial charge in [0.1, 0.15) is 11.4 Å². The third-order valence-electron chi connectivity index (χ3n) is 5.32. The molecule has 2 N–H and O–H groups in total. The number of rotatable bonds is 8. The number of carbonyl (C=O) groups excluding carboxylic acids is 1. The van der Waals surface area contributed by atoms with E-state index in [0.717, 1.165) is 0 Å². The van der Waals surface area contributed by atoms with Crippen molar-refractivity contribution in [2.45, 2.75) is 13.8 Å². The molecule has 32 heavy (non-hydrogen) atoms. The van der Waals surface area contributed by atoms with Gasteiger partial charge in [0.25, 0.3) is 0 Å². The molecule has 4 rings (SSSR count). The predicted molar refractivity (Wildman–Crippen MR) is 120 cm³/mol. The molecule has 3 aromatic heterocycles. The maximum Gasteiger partial charge on any atom is 0.341 e. The molecule has 0 saturated carbocycles. The summed E-state index contributed by atoms with van der Waals surface area (Å²) in [5.74, 6) is -0.845. The Kier molecular flexibility index (Phi) is 6.19. The lowest BCUT2D eigenvalue weighted by molar-refractivity contribution is -0.125. The van der Waals surface area contributed by atoms with E-state index in [1.165, 1.54) is 17.5 Å². The second-order valence-electron chi connectivity index (χ2n) is 7.45. The summed E-state index contributed by atoms with van der Waals surface area (Å²) in [5.41, 5.74) is 0.0488. The number of hydrogen-bond donors (Lipinski definition) is 2.